The fourth-order valence-electron chi connectivity index (χ4n) is 3.35. The monoisotopic (exact) mass is 422 g/mol. The number of carbonyl (C=O) groups is 1. The molecule has 4 aromatic rings. The first-order valence-electron chi connectivity index (χ1n) is 9.44. The molecule has 0 saturated heterocycles. The highest BCUT2D eigenvalue weighted by molar-refractivity contribution is 6.08. The first-order chi connectivity index (χ1) is 15.0. The number of hydrogen-bond donors (Lipinski definition) is 1. The number of nitrogens with zero attached hydrogens (tertiary/aromatic N) is 3. The normalized spacial score (nSPS) is 12.5. The summed E-state index contributed by atoms with van der Waals surface area (Å²) in [5.74, 6) is 0.569. The van der Waals surface area contributed by atoms with Crippen molar-refractivity contribution in [2.45, 2.75) is 13.3 Å². The lowest BCUT2D eigenvalue weighted by atomic mass is 10.1. The van der Waals surface area contributed by atoms with Crippen LogP contribution in [0.3, 0.4) is 0 Å². The van der Waals surface area contributed by atoms with Gasteiger partial charge < -0.3 is 14.8 Å². The van der Waals surface area contributed by atoms with Crippen molar-refractivity contribution in [3.8, 4) is 22.8 Å². The van der Waals surface area contributed by atoms with Gasteiger partial charge in [0.1, 0.15) is 11.3 Å². The van der Waals surface area contributed by atoms with Gasteiger partial charge in [0.25, 0.3) is 12.3 Å². The topological polar surface area (TPSA) is 77.8 Å². The van der Waals surface area contributed by atoms with Gasteiger partial charge in [-0.15, -0.1) is 0 Å². The maximum Gasteiger partial charge on any atom is 0.280 e. The van der Waals surface area contributed by atoms with Gasteiger partial charge in [-0.05, 0) is 25.1 Å². The third-order valence-corrected chi connectivity index (χ3v) is 4.95. The molecule has 31 heavy (non-hydrogen) atoms. The molecule has 0 fully saturated rings. The first-order valence-corrected chi connectivity index (χ1v) is 9.44. The second kappa shape index (κ2) is 7.35. The predicted octanol–water partition coefficient (Wildman–Crippen LogP) is 4.62. The maximum absolute atomic E-state index is 13.7. The van der Waals surface area contributed by atoms with Crippen molar-refractivity contribution in [1.82, 2.24) is 14.6 Å². The minimum Gasteiger partial charge on any atom is -0.454 e. The van der Waals surface area contributed by atoms with Crippen molar-refractivity contribution >= 4 is 17.2 Å². The van der Waals surface area contributed by atoms with E-state index in [9.17, 15) is 13.6 Å². The number of rotatable bonds is 4. The highest BCUT2D eigenvalue weighted by Crippen LogP contribution is 2.34. The Kier molecular flexibility index (Phi) is 4.50. The Balaban J connectivity index is 1.55. The second-order valence-electron chi connectivity index (χ2n) is 7.05. The molecule has 1 N–H and O–H groups in total. The number of aryl methyl sites for hydroxylation is 1. The number of ether oxygens (including phenoxy) is 2. The highest BCUT2D eigenvalue weighted by Gasteiger charge is 2.22. The first kappa shape index (κ1) is 19.0. The van der Waals surface area contributed by atoms with Gasteiger partial charge in [-0.3, -0.25) is 4.79 Å². The molecule has 5 rings (SSSR count). The number of aromatic nitrogens is 3. The molecule has 7 nitrogen and oxygen atoms in total. The Bertz CT molecular complexity index is 1300. The quantitative estimate of drug-likeness (QED) is 0.519. The molecule has 2 aromatic carbocycles. The molecule has 0 aliphatic carbocycles. The third kappa shape index (κ3) is 3.43. The zero-order chi connectivity index (χ0) is 21.5. The summed E-state index contributed by atoms with van der Waals surface area (Å²) in [5.41, 5.74) is 2.28. The lowest BCUT2D eigenvalue weighted by Crippen LogP contribution is -2.12. The van der Waals surface area contributed by atoms with E-state index in [0.717, 1.165) is 10.1 Å². The molecule has 0 spiro atoms. The van der Waals surface area contributed by atoms with Crippen LogP contribution >= 0.6 is 0 Å². The molecule has 0 saturated carbocycles. The molecule has 0 bridgehead atoms. The van der Waals surface area contributed by atoms with Gasteiger partial charge >= 0.3 is 0 Å². The Hall–Kier alpha value is -4.01. The Morgan fingerprint density at radius 3 is 2.65 bits per heavy atom. The van der Waals surface area contributed by atoms with E-state index in [1.54, 1.807) is 30.3 Å². The van der Waals surface area contributed by atoms with Crippen molar-refractivity contribution < 1.29 is 23.0 Å². The number of nitrogens with one attached hydrogen (secondary N) is 1. The Labute approximate surface area is 175 Å². The minimum absolute atomic E-state index is 0.0478. The molecular formula is C22H16F2N4O3. The number of hydrogen-bond acceptors (Lipinski definition) is 5. The highest BCUT2D eigenvalue weighted by atomic mass is 19.3. The Morgan fingerprint density at radius 2 is 1.87 bits per heavy atom. The number of carbonyl (C=O) groups excluding carboxylic acids is 1. The summed E-state index contributed by atoms with van der Waals surface area (Å²) in [4.78, 5) is 17.4. The number of anilines is 1. The van der Waals surface area contributed by atoms with Gasteiger partial charge in [-0.1, -0.05) is 29.8 Å². The van der Waals surface area contributed by atoms with Crippen LogP contribution in [0.15, 0.2) is 54.7 Å². The van der Waals surface area contributed by atoms with Crippen molar-refractivity contribution in [2.24, 2.45) is 0 Å². The van der Waals surface area contributed by atoms with Crippen LogP contribution in [0.5, 0.6) is 11.5 Å². The smallest absolute Gasteiger partial charge is 0.280 e. The van der Waals surface area contributed by atoms with E-state index in [4.69, 9.17) is 9.47 Å². The summed E-state index contributed by atoms with van der Waals surface area (Å²) < 4.78 is 39.0. The van der Waals surface area contributed by atoms with Crippen LogP contribution in [0.1, 0.15) is 28.0 Å². The number of amides is 1. The molecule has 0 radical (unpaired) electrons. The third-order valence-electron chi connectivity index (χ3n) is 4.95. The van der Waals surface area contributed by atoms with E-state index in [0.29, 0.717) is 28.4 Å². The number of halogens is 2. The van der Waals surface area contributed by atoms with Gasteiger partial charge in [0.15, 0.2) is 17.1 Å². The summed E-state index contributed by atoms with van der Waals surface area (Å²) in [6, 6.07) is 13.6. The molecule has 1 aliphatic rings. The van der Waals surface area contributed by atoms with Gasteiger partial charge in [0.2, 0.25) is 6.79 Å². The van der Waals surface area contributed by atoms with Gasteiger partial charge in [0, 0.05) is 17.3 Å². The molecule has 156 valence electrons. The average Bonchev–Trinajstić information content (AvgIpc) is 3.40. The van der Waals surface area contributed by atoms with Crippen molar-refractivity contribution in [3.05, 3.63) is 71.5 Å². The van der Waals surface area contributed by atoms with Crippen LogP contribution in [-0.2, 0) is 0 Å². The molecule has 2 aromatic heterocycles. The molecule has 9 heteroatoms. The number of benzene rings is 2. The van der Waals surface area contributed by atoms with E-state index in [1.807, 2.05) is 19.1 Å². The van der Waals surface area contributed by atoms with Gasteiger partial charge in [-0.2, -0.15) is 5.10 Å². The summed E-state index contributed by atoms with van der Waals surface area (Å²) in [5, 5.41) is 6.70. The molecule has 1 amide bonds. The minimum atomic E-state index is -2.79. The van der Waals surface area contributed by atoms with Gasteiger partial charge in [0.05, 0.1) is 11.9 Å². The fraction of sp³-hybridized carbons (Fsp3) is 0.136. The molecule has 0 atom stereocenters. The van der Waals surface area contributed by atoms with E-state index in [-0.39, 0.29) is 23.7 Å². The second-order valence-corrected chi connectivity index (χ2v) is 7.05. The van der Waals surface area contributed by atoms with Crippen molar-refractivity contribution in [3.63, 3.8) is 0 Å². The lowest BCUT2D eigenvalue weighted by molar-refractivity contribution is 0.102. The van der Waals surface area contributed by atoms with Crippen LogP contribution in [0.4, 0.5) is 14.5 Å². The zero-order valence-corrected chi connectivity index (χ0v) is 16.3. The zero-order valence-electron chi connectivity index (χ0n) is 16.3. The standard InChI is InChI=1S/C22H16F2N4O3/c1-12-2-4-13(5-3-12)16-9-17(20(23)24)28-21(27-16)15(10-25-28)22(29)26-14-6-7-18-19(8-14)31-11-30-18/h2-10,20H,11H2,1H3,(H,26,29). The van der Waals surface area contributed by atoms with Crippen LogP contribution in [0.25, 0.3) is 16.9 Å². The van der Waals surface area contributed by atoms with Crippen LogP contribution in [0.2, 0.25) is 0 Å². The predicted molar refractivity (Wildman–Crippen MR) is 109 cm³/mol. The van der Waals surface area contributed by atoms with Crippen LogP contribution < -0.4 is 14.8 Å². The summed E-state index contributed by atoms with van der Waals surface area (Å²) in [7, 11) is 0. The van der Waals surface area contributed by atoms with Crippen molar-refractivity contribution in [2.75, 3.05) is 12.1 Å². The van der Waals surface area contributed by atoms with E-state index in [2.05, 4.69) is 15.4 Å². The van der Waals surface area contributed by atoms with E-state index < -0.39 is 12.3 Å². The van der Waals surface area contributed by atoms with E-state index >= 15 is 0 Å². The molecular weight excluding hydrogens is 406 g/mol. The van der Waals surface area contributed by atoms with Crippen LogP contribution in [-0.4, -0.2) is 27.3 Å². The van der Waals surface area contributed by atoms with Gasteiger partial charge in [-0.25, -0.2) is 18.3 Å². The van der Waals surface area contributed by atoms with Crippen LogP contribution in [0, 0.1) is 6.92 Å². The summed E-state index contributed by atoms with van der Waals surface area (Å²) in [6.07, 6.45) is -1.56. The molecule has 0 unspecified atom stereocenters. The largest absolute Gasteiger partial charge is 0.454 e. The van der Waals surface area contributed by atoms with Crippen molar-refractivity contribution in [1.29, 1.82) is 0 Å². The summed E-state index contributed by atoms with van der Waals surface area (Å²) >= 11 is 0. The number of alkyl halides is 2. The SMILES string of the molecule is Cc1ccc(-c2cc(C(F)F)n3ncc(C(=O)Nc4ccc5c(c4)OCO5)c3n2)cc1. The molecule has 1 aliphatic heterocycles. The fourth-order valence-corrected chi connectivity index (χ4v) is 3.35. The lowest BCUT2D eigenvalue weighted by Gasteiger charge is -2.09. The van der Waals surface area contributed by atoms with E-state index in [1.165, 1.54) is 12.3 Å². The maximum atomic E-state index is 13.7. The average molecular weight is 422 g/mol. The molecule has 3 heterocycles. The number of fused-ring (bicyclic) bond motifs is 2. The Morgan fingerprint density at radius 1 is 1.10 bits per heavy atom. The summed E-state index contributed by atoms with van der Waals surface area (Å²) in [6.45, 7) is 2.05.